The van der Waals surface area contributed by atoms with Crippen molar-refractivity contribution in [1.29, 1.82) is 0 Å². The van der Waals surface area contributed by atoms with Gasteiger partial charge in [0.1, 0.15) is 5.58 Å². The van der Waals surface area contributed by atoms with Crippen LogP contribution in [0.1, 0.15) is 163 Å². The van der Waals surface area contributed by atoms with Gasteiger partial charge in [-0.2, -0.15) is 0 Å². The van der Waals surface area contributed by atoms with Gasteiger partial charge >= 0.3 is 0 Å². The van der Waals surface area contributed by atoms with Crippen molar-refractivity contribution in [3.8, 4) is 11.1 Å². The smallest absolute Gasteiger partial charge is 0.297 e. The Morgan fingerprint density at radius 2 is 1.05 bits per heavy atom. The van der Waals surface area contributed by atoms with Crippen LogP contribution in [-0.2, 0) is 32.5 Å². The van der Waals surface area contributed by atoms with E-state index in [9.17, 15) is 2.74 Å². The van der Waals surface area contributed by atoms with Gasteiger partial charge in [0.15, 0.2) is 0 Å². The lowest BCUT2D eigenvalue weighted by atomic mass is 9.35. The van der Waals surface area contributed by atoms with Gasteiger partial charge in [0.05, 0.1) is 18.2 Å². The van der Waals surface area contributed by atoms with E-state index in [1.54, 1.807) is 0 Å². The molecule has 3 nitrogen and oxygen atoms in total. The quantitative estimate of drug-likeness (QED) is 0.165. The number of nitrogens with zero attached hydrogens (tertiary/aromatic N) is 2. The van der Waals surface area contributed by atoms with Gasteiger partial charge < -0.3 is 14.2 Å². The third kappa shape index (κ3) is 6.51. The normalized spacial score (nSPS) is 19.7. The Hall–Kier alpha value is -5.48. The maximum Gasteiger partial charge on any atom is 0.297 e. The molecule has 3 heterocycles. The van der Waals surface area contributed by atoms with Crippen molar-refractivity contribution in [3.63, 3.8) is 0 Å². The maximum absolute atomic E-state index is 9.43. The molecule has 4 aliphatic rings. The number of hydrogen-bond acceptors (Lipinski definition) is 3. The summed E-state index contributed by atoms with van der Waals surface area (Å²) in [6.45, 7) is 32.2. The van der Waals surface area contributed by atoms with Crippen molar-refractivity contribution < 1.29 is 11.3 Å². The van der Waals surface area contributed by atoms with Crippen molar-refractivity contribution in [2.75, 3.05) is 9.80 Å². The summed E-state index contributed by atoms with van der Waals surface area (Å²) < 4.78 is 52.9. The topological polar surface area (TPSA) is 19.6 Å². The van der Waals surface area contributed by atoms with Crippen molar-refractivity contribution in [2.24, 2.45) is 0 Å². The van der Waals surface area contributed by atoms with Crippen LogP contribution in [0.5, 0.6) is 0 Å². The summed E-state index contributed by atoms with van der Waals surface area (Å²) in [6.07, 6.45) is 4.32. The van der Waals surface area contributed by atoms with Gasteiger partial charge in [-0.1, -0.05) is 157 Å². The largest absolute Gasteiger partial charge is 0.468 e. The first-order valence-electron chi connectivity index (χ1n) is 26.9. The number of furan rings is 1. The van der Waals surface area contributed by atoms with Crippen LogP contribution in [0, 0.1) is 0 Å². The molecule has 0 saturated carbocycles. The van der Waals surface area contributed by atoms with Gasteiger partial charge in [-0.15, -0.1) is 0 Å². The highest BCUT2D eigenvalue weighted by Gasteiger charge is 2.49. The fraction of sp³-hybridized carbons (Fsp3) is 0.387. The van der Waals surface area contributed by atoms with E-state index in [0.717, 1.165) is 87.4 Å². The van der Waals surface area contributed by atoms with E-state index in [1.165, 1.54) is 33.4 Å². The van der Waals surface area contributed by atoms with Crippen LogP contribution in [-0.4, -0.2) is 6.71 Å². The van der Waals surface area contributed by atoms with Crippen LogP contribution >= 0.6 is 0 Å². The molecule has 0 bridgehead atoms. The van der Waals surface area contributed by atoms with Gasteiger partial charge in [-0.05, 0) is 168 Å². The number of benzene rings is 6. The first-order chi connectivity index (χ1) is 33.0. The first kappa shape index (κ1) is 37.6. The molecule has 4 heteroatoms. The van der Waals surface area contributed by atoms with Crippen LogP contribution in [0.15, 0.2) is 120 Å². The van der Waals surface area contributed by atoms with Crippen LogP contribution in [0.2, 0.25) is 0 Å². The second-order valence-electron chi connectivity index (χ2n) is 24.8. The summed E-state index contributed by atoms with van der Waals surface area (Å²) >= 11 is 0. The summed E-state index contributed by atoms with van der Waals surface area (Å²) in [4.78, 5) is 4.76. The number of hydrogen-bond donors (Lipinski definition) is 0. The Morgan fingerprint density at radius 3 is 1.65 bits per heavy atom. The molecule has 66 heavy (non-hydrogen) atoms. The Bertz CT molecular complexity index is 3390. The van der Waals surface area contributed by atoms with Gasteiger partial charge in [0.2, 0.25) is 0 Å². The molecule has 0 unspecified atom stereocenters. The number of rotatable bonds is 3. The first-order valence-corrected chi connectivity index (χ1v) is 24.4. The molecule has 0 radical (unpaired) electrons. The molecule has 0 spiro atoms. The lowest BCUT2D eigenvalue weighted by molar-refractivity contribution is 0.332. The lowest BCUT2D eigenvalue weighted by Crippen LogP contribution is -2.61. The highest BCUT2D eigenvalue weighted by Crippen LogP contribution is 2.54. The van der Waals surface area contributed by atoms with E-state index in [2.05, 4.69) is 192 Å². The molecule has 0 atom stereocenters. The summed E-state index contributed by atoms with van der Waals surface area (Å²) in [5, 5.41) is 1.05. The monoisotopic (exact) mass is 874 g/mol. The SMILES string of the molecule is [2H]c1c([2H])c([2H])c(-c2cc3c4c(c2)N(c2ccc5c(c2)C(C)(C)CCC5(C)C)c2c(oc5cc6c(cc25)C(C)(C)CCC6(C)C)B4c2cc(C(C)(C)C)ccc2N3c2ccc(C(C)(C)C)cc2)c([2H])c1[2H]. The number of fused-ring (bicyclic) bond motifs is 8. The molecule has 2 aliphatic carbocycles. The second-order valence-corrected chi connectivity index (χ2v) is 24.8. The van der Waals surface area contributed by atoms with E-state index in [1.807, 2.05) is 0 Å². The van der Waals surface area contributed by atoms with Crippen molar-refractivity contribution in [1.82, 2.24) is 0 Å². The minimum atomic E-state index is -0.405. The fourth-order valence-corrected chi connectivity index (χ4v) is 11.9. The maximum atomic E-state index is 9.43. The predicted octanol–water partition coefficient (Wildman–Crippen LogP) is 15.5. The van der Waals surface area contributed by atoms with Gasteiger partial charge in [0.25, 0.3) is 6.71 Å². The van der Waals surface area contributed by atoms with Crippen LogP contribution < -0.4 is 26.4 Å². The molecular weight excluding hydrogens is 800 g/mol. The molecule has 0 N–H and O–H groups in total. The zero-order valence-corrected chi connectivity index (χ0v) is 41.8. The number of anilines is 6. The van der Waals surface area contributed by atoms with Crippen LogP contribution in [0.3, 0.4) is 0 Å². The Balaban J connectivity index is 1.33. The Morgan fingerprint density at radius 1 is 0.515 bits per heavy atom. The van der Waals surface area contributed by atoms with Gasteiger partial charge in [0, 0.05) is 33.8 Å². The van der Waals surface area contributed by atoms with Crippen LogP contribution in [0.4, 0.5) is 34.1 Å². The van der Waals surface area contributed by atoms with E-state index in [-0.39, 0.29) is 68.9 Å². The second kappa shape index (κ2) is 14.0. The summed E-state index contributed by atoms with van der Waals surface area (Å²) in [5.74, 6) is 0. The Kier molecular flexibility index (Phi) is 8.00. The highest BCUT2D eigenvalue weighted by molar-refractivity contribution is 7.00. The summed E-state index contributed by atoms with van der Waals surface area (Å²) in [7, 11) is 0. The Labute approximate surface area is 402 Å². The summed E-state index contributed by atoms with van der Waals surface area (Å²) in [5.41, 5.74) is 17.9. The van der Waals surface area contributed by atoms with Crippen molar-refractivity contribution in [3.05, 3.63) is 149 Å². The third-order valence-electron chi connectivity index (χ3n) is 16.4. The van der Waals surface area contributed by atoms with E-state index in [0.29, 0.717) is 5.56 Å². The average Bonchev–Trinajstić information content (AvgIpc) is 3.67. The summed E-state index contributed by atoms with van der Waals surface area (Å²) in [6, 6.07) is 30.3. The molecule has 7 aromatic rings. The van der Waals surface area contributed by atoms with Crippen molar-refractivity contribution in [2.45, 2.75) is 155 Å². The lowest BCUT2D eigenvalue weighted by Gasteiger charge is -2.45. The van der Waals surface area contributed by atoms with Gasteiger partial charge in [-0.3, -0.25) is 0 Å². The minimum Gasteiger partial charge on any atom is -0.468 e. The molecule has 2 aliphatic heterocycles. The molecule has 1 aromatic heterocycles. The molecule has 11 rings (SSSR count). The minimum absolute atomic E-state index is 0.00108. The zero-order valence-electron chi connectivity index (χ0n) is 46.8. The molecular formula is C62H69BN2O. The van der Waals surface area contributed by atoms with Crippen LogP contribution in [0.25, 0.3) is 22.1 Å². The molecule has 0 saturated heterocycles. The molecule has 6 aromatic carbocycles. The predicted molar refractivity (Wildman–Crippen MR) is 284 cm³/mol. The van der Waals surface area contributed by atoms with E-state index in [4.69, 9.17) is 8.53 Å². The van der Waals surface area contributed by atoms with Gasteiger partial charge in [-0.25, -0.2) is 0 Å². The average molecular weight is 874 g/mol. The zero-order chi connectivity index (χ0) is 51.0. The molecule has 0 fully saturated rings. The van der Waals surface area contributed by atoms with E-state index >= 15 is 0 Å². The molecule has 0 amide bonds. The molecule has 336 valence electrons. The van der Waals surface area contributed by atoms with Crippen molar-refractivity contribution >= 4 is 68.4 Å². The highest BCUT2D eigenvalue weighted by atomic mass is 16.3. The fourth-order valence-electron chi connectivity index (χ4n) is 11.9. The standard InChI is InChI=1S/C62H69BN2O/c1-57(2,3)40-20-23-42(24-21-40)64-50-27-22-41(58(4,5)6)34-49(50)63-54-51(64)32-39(38-18-16-15-17-19-38)33-52(54)65(43-25-26-45-46(35-43)60(9,10)29-28-59(45,7)8)55-44-36-47-48(37-53(44)66-56(55)63)62(13,14)31-30-61(47,11)12/h15-27,32-37H,28-31H2,1-14H3/i15D,16D,17D,18D,19D. The third-order valence-corrected chi connectivity index (χ3v) is 16.4. The van der Waals surface area contributed by atoms with E-state index < -0.39 is 6.04 Å².